The summed E-state index contributed by atoms with van der Waals surface area (Å²) in [6.45, 7) is 2.65. The Hall–Kier alpha value is -1.93. The second-order valence-electron chi connectivity index (χ2n) is 4.78. The number of carbonyl (C=O) groups excluding carboxylic acids is 1. The van der Waals surface area contributed by atoms with E-state index in [0.717, 1.165) is 11.3 Å². The van der Waals surface area contributed by atoms with E-state index in [2.05, 4.69) is 20.8 Å². The van der Waals surface area contributed by atoms with Gasteiger partial charge in [0.25, 0.3) is 0 Å². The molecule has 0 unspecified atom stereocenters. The first-order chi connectivity index (χ1) is 10.7. The number of hydrogen-bond donors (Lipinski definition) is 2. The molecule has 0 saturated carbocycles. The van der Waals surface area contributed by atoms with Gasteiger partial charge in [-0.15, -0.1) is 5.10 Å². The van der Waals surface area contributed by atoms with Crippen molar-refractivity contribution in [1.29, 1.82) is 0 Å². The molecule has 1 heterocycles. The first kappa shape index (κ1) is 16.4. The van der Waals surface area contributed by atoms with E-state index in [1.54, 1.807) is 16.4 Å². The maximum atomic E-state index is 12.0. The largest absolute Gasteiger partial charge is 0.325 e. The molecule has 0 aliphatic heterocycles. The first-order valence-corrected chi connectivity index (χ1v) is 8.47. The number of nitrogens with one attached hydrogen (secondary N) is 1. The normalized spacial score (nSPS) is 12.1. The molecule has 2 aromatic rings. The number of anilines is 1. The van der Waals surface area contributed by atoms with Gasteiger partial charge in [-0.05, 0) is 47.9 Å². The number of rotatable bonds is 7. The van der Waals surface area contributed by atoms with Crippen molar-refractivity contribution in [3.8, 4) is 11.4 Å². The quantitative estimate of drug-likeness (QED) is 0.799. The minimum Gasteiger partial charge on any atom is -0.325 e. The average molecular weight is 320 g/mol. The van der Waals surface area contributed by atoms with E-state index < -0.39 is 6.04 Å². The fraction of sp³-hybridized carbons (Fsp3) is 0.429. The third-order valence-electron chi connectivity index (χ3n) is 3.19. The summed E-state index contributed by atoms with van der Waals surface area (Å²) in [6, 6.07) is 6.92. The Labute approximate surface area is 133 Å². The summed E-state index contributed by atoms with van der Waals surface area (Å²) >= 11 is 1.67. The van der Waals surface area contributed by atoms with E-state index in [0.29, 0.717) is 24.5 Å². The van der Waals surface area contributed by atoms with E-state index in [-0.39, 0.29) is 5.91 Å². The van der Waals surface area contributed by atoms with E-state index in [1.165, 1.54) is 0 Å². The molecule has 0 bridgehead atoms. The standard InChI is InChI=1S/C14H20N6OS/c1-3-20-13(17-18-19-20)10-5-4-6-11(9-10)16-14(21)12(15)7-8-22-2/h4-6,9,12H,3,7-8,15H2,1-2H3,(H,16,21)/t12-/m0/s1. The van der Waals surface area contributed by atoms with E-state index in [1.807, 2.05) is 37.4 Å². The molecule has 1 aromatic carbocycles. The summed E-state index contributed by atoms with van der Waals surface area (Å²) in [7, 11) is 0. The van der Waals surface area contributed by atoms with Gasteiger partial charge in [-0.2, -0.15) is 11.8 Å². The fourth-order valence-electron chi connectivity index (χ4n) is 1.97. The highest BCUT2D eigenvalue weighted by atomic mass is 32.2. The van der Waals surface area contributed by atoms with Crippen LogP contribution < -0.4 is 11.1 Å². The summed E-state index contributed by atoms with van der Waals surface area (Å²) in [6.07, 6.45) is 2.65. The number of nitrogens with two attached hydrogens (primary N) is 1. The van der Waals surface area contributed by atoms with E-state index in [4.69, 9.17) is 5.73 Å². The molecule has 1 amide bonds. The summed E-state index contributed by atoms with van der Waals surface area (Å²) in [5.74, 6) is 1.35. The van der Waals surface area contributed by atoms with Crippen molar-refractivity contribution in [3.63, 3.8) is 0 Å². The Kier molecular flexibility index (Phi) is 5.91. The van der Waals surface area contributed by atoms with Crippen molar-refractivity contribution in [2.75, 3.05) is 17.3 Å². The van der Waals surface area contributed by atoms with Gasteiger partial charge in [0.05, 0.1) is 6.04 Å². The van der Waals surface area contributed by atoms with Crippen LogP contribution in [0.4, 0.5) is 5.69 Å². The molecular weight excluding hydrogens is 300 g/mol. The molecule has 3 N–H and O–H groups in total. The maximum Gasteiger partial charge on any atom is 0.241 e. The number of tetrazole rings is 1. The molecule has 8 heteroatoms. The highest BCUT2D eigenvalue weighted by Crippen LogP contribution is 2.20. The van der Waals surface area contributed by atoms with Crippen LogP contribution in [0, 0.1) is 0 Å². The number of thioether (sulfide) groups is 1. The molecule has 0 radical (unpaired) electrons. The smallest absolute Gasteiger partial charge is 0.241 e. The molecular formula is C14H20N6OS. The average Bonchev–Trinajstić information content (AvgIpc) is 3.01. The minimum absolute atomic E-state index is 0.179. The summed E-state index contributed by atoms with van der Waals surface area (Å²) in [5.41, 5.74) is 7.40. The lowest BCUT2D eigenvalue weighted by atomic mass is 10.1. The summed E-state index contributed by atoms with van der Waals surface area (Å²) < 4.78 is 1.70. The van der Waals surface area contributed by atoms with Crippen LogP contribution in [-0.2, 0) is 11.3 Å². The van der Waals surface area contributed by atoms with Crippen LogP contribution in [0.3, 0.4) is 0 Å². The zero-order valence-corrected chi connectivity index (χ0v) is 13.5. The van der Waals surface area contributed by atoms with Gasteiger partial charge in [-0.3, -0.25) is 4.79 Å². The molecule has 0 spiro atoms. The molecule has 22 heavy (non-hydrogen) atoms. The Bertz CT molecular complexity index is 629. The Morgan fingerprint density at radius 2 is 2.32 bits per heavy atom. The third-order valence-corrected chi connectivity index (χ3v) is 3.83. The van der Waals surface area contributed by atoms with Crippen molar-refractivity contribution < 1.29 is 4.79 Å². The Morgan fingerprint density at radius 3 is 3.05 bits per heavy atom. The molecule has 0 aliphatic carbocycles. The molecule has 2 rings (SSSR count). The van der Waals surface area contributed by atoms with Gasteiger partial charge in [0.1, 0.15) is 0 Å². The SMILES string of the molecule is CCn1nnnc1-c1cccc(NC(=O)[C@@H](N)CCSC)c1. The van der Waals surface area contributed by atoms with Gasteiger partial charge in [0.15, 0.2) is 5.82 Å². The van der Waals surface area contributed by atoms with Crippen LogP contribution in [0.1, 0.15) is 13.3 Å². The van der Waals surface area contributed by atoms with Gasteiger partial charge in [-0.25, -0.2) is 4.68 Å². The van der Waals surface area contributed by atoms with Gasteiger partial charge in [0, 0.05) is 17.8 Å². The highest BCUT2D eigenvalue weighted by molar-refractivity contribution is 7.98. The predicted molar refractivity (Wildman–Crippen MR) is 88.5 cm³/mol. The number of carbonyl (C=O) groups is 1. The Morgan fingerprint density at radius 1 is 1.50 bits per heavy atom. The molecule has 7 nitrogen and oxygen atoms in total. The molecule has 1 atom stereocenters. The van der Waals surface area contributed by atoms with Crippen molar-refractivity contribution in [2.45, 2.75) is 25.9 Å². The number of nitrogens with zero attached hydrogens (tertiary/aromatic N) is 4. The second kappa shape index (κ2) is 7.90. The lowest BCUT2D eigenvalue weighted by molar-refractivity contribution is -0.117. The number of aromatic nitrogens is 4. The summed E-state index contributed by atoms with van der Waals surface area (Å²) in [5, 5.41) is 14.4. The van der Waals surface area contributed by atoms with Crippen LogP contribution in [0.5, 0.6) is 0 Å². The van der Waals surface area contributed by atoms with E-state index >= 15 is 0 Å². The predicted octanol–water partition coefficient (Wildman–Crippen LogP) is 1.38. The van der Waals surface area contributed by atoms with Crippen LogP contribution in [0.25, 0.3) is 11.4 Å². The van der Waals surface area contributed by atoms with Crippen molar-refractivity contribution in [3.05, 3.63) is 24.3 Å². The van der Waals surface area contributed by atoms with Gasteiger partial charge < -0.3 is 11.1 Å². The number of aryl methyl sites for hydroxylation is 1. The first-order valence-electron chi connectivity index (χ1n) is 7.07. The fourth-order valence-corrected chi connectivity index (χ4v) is 2.46. The van der Waals surface area contributed by atoms with Crippen molar-refractivity contribution in [1.82, 2.24) is 20.2 Å². The summed E-state index contributed by atoms with van der Waals surface area (Å²) in [4.78, 5) is 12.0. The Balaban J connectivity index is 2.10. The van der Waals surface area contributed by atoms with Crippen LogP contribution in [-0.4, -0.2) is 44.2 Å². The van der Waals surface area contributed by atoms with Gasteiger partial charge in [-0.1, -0.05) is 12.1 Å². The number of hydrogen-bond acceptors (Lipinski definition) is 6. The van der Waals surface area contributed by atoms with Crippen LogP contribution >= 0.6 is 11.8 Å². The lowest BCUT2D eigenvalue weighted by Gasteiger charge is -2.12. The highest BCUT2D eigenvalue weighted by Gasteiger charge is 2.14. The topological polar surface area (TPSA) is 98.7 Å². The van der Waals surface area contributed by atoms with E-state index in [9.17, 15) is 4.79 Å². The third kappa shape index (κ3) is 4.05. The van der Waals surface area contributed by atoms with Crippen LogP contribution in [0.2, 0.25) is 0 Å². The zero-order chi connectivity index (χ0) is 15.9. The minimum atomic E-state index is -0.503. The monoisotopic (exact) mass is 320 g/mol. The molecule has 1 aromatic heterocycles. The van der Waals surface area contributed by atoms with Gasteiger partial charge in [0.2, 0.25) is 5.91 Å². The molecule has 0 saturated heterocycles. The molecule has 0 aliphatic rings. The van der Waals surface area contributed by atoms with Crippen molar-refractivity contribution in [2.24, 2.45) is 5.73 Å². The van der Waals surface area contributed by atoms with Crippen LogP contribution in [0.15, 0.2) is 24.3 Å². The molecule has 118 valence electrons. The maximum absolute atomic E-state index is 12.0. The second-order valence-corrected chi connectivity index (χ2v) is 5.76. The lowest BCUT2D eigenvalue weighted by Crippen LogP contribution is -2.36. The van der Waals surface area contributed by atoms with Crippen molar-refractivity contribution >= 4 is 23.4 Å². The zero-order valence-electron chi connectivity index (χ0n) is 12.7. The number of benzene rings is 1. The number of amides is 1. The van der Waals surface area contributed by atoms with Gasteiger partial charge >= 0.3 is 0 Å². The molecule has 0 fully saturated rings.